The first-order valence-corrected chi connectivity index (χ1v) is 14.5. The van der Waals surface area contributed by atoms with Gasteiger partial charge in [0.25, 0.3) is 5.91 Å². The Hall–Kier alpha value is -4.18. The van der Waals surface area contributed by atoms with Gasteiger partial charge < -0.3 is 14.8 Å². The Morgan fingerprint density at radius 3 is 2.61 bits per heavy atom. The highest BCUT2D eigenvalue weighted by Crippen LogP contribution is 2.37. The van der Waals surface area contributed by atoms with Crippen LogP contribution < -0.4 is 20.2 Å². The monoisotopic (exact) mass is 646 g/mol. The highest BCUT2D eigenvalue weighted by atomic mass is 79.9. The number of anilines is 2. The molecule has 0 fully saturated rings. The van der Waals surface area contributed by atoms with Crippen molar-refractivity contribution in [2.45, 2.75) is 6.61 Å². The summed E-state index contributed by atoms with van der Waals surface area (Å²) < 4.78 is 12.2. The van der Waals surface area contributed by atoms with Crippen molar-refractivity contribution in [3.63, 3.8) is 0 Å². The van der Waals surface area contributed by atoms with E-state index in [1.807, 2.05) is 78.2 Å². The van der Waals surface area contributed by atoms with E-state index in [4.69, 9.17) is 21.1 Å². The number of aromatic nitrogens is 1. The van der Waals surface area contributed by atoms with Gasteiger partial charge in [0.1, 0.15) is 6.61 Å². The average Bonchev–Trinajstić information content (AvgIpc) is 3.45. The number of ether oxygens (including phenoxy) is 2. The maximum atomic E-state index is 12.7. The Balaban J connectivity index is 1.19. The lowest BCUT2D eigenvalue weighted by atomic mass is 10.1. The lowest BCUT2D eigenvalue weighted by molar-refractivity contribution is 0.0955. The summed E-state index contributed by atoms with van der Waals surface area (Å²) in [5.74, 6) is 0.746. The molecule has 0 unspecified atom stereocenters. The minimum absolute atomic E-state index is 0.325. The summed E-state index contributed by atoms with van der Waals surface area (Å²) in [5.41, 5.74) is 7.42. The van der Waals surface area contributed by atoms with Crippen LogP contribution in [-0.4, -0.2) is 24.2 Å². The Morgan fingerprint density at radius 2 is 1.85 bits per heavy atom. The van der Waals surface area contributed by atoms with Crippen molar-refractivity contribution in [2.75, 3.05) is 12.4 Å². The molecule has 4 aromatic carbocycles. The molecular weight excluding hydrogens is 624 g/mol. The van der Waals surface area contributed by atoms with Gasteiger partial charge in [0, 0.05) is 27.2 Å². The van der Waals surface area contributed by atoms with Crippen LogP contribution in [0.5, 0.6) is 11.5 Å². The number of carbonyl (C=O) groups is 1. The van der Waals surface area contributed by atoms with Crippen LogP contribution in [0.3, 0.4) is 0 Å². The van der Waals surface area contributed by atoms with E-state index in [9.17, 15) is 4.79 Å². The van der Waals surface area contributed by atoms with Crippen LogP contribution in [0.4, 0.5) is 10.8 Å². The number of thiazole rings is 1. The summed E-state index contributed by atoms with van der Waals surface area (Å²) in [6, 6.07) is 28.2. The maximum Gasteiger partial charge on any atom is 0.271 e. The van der Waals surface area contributed by atoms with E-state index in [-0.39, 0.29) is 5.91 Å². The molecule has 1 amide bonds. The van der Waals surface area contributed by atoms with Gasteiger partial charge in [-0.1, -0.05) is 54.1 Å². The van der Waals surface area contributed by atoms with Gasteiger partial charge in [-0.2, -0.15) is 5.10 Å². The molecule has 41 heavy (non-hydrogen) atoms. The Morgan fingerprint density at radius 1 is 1.05 bits per heavy atom. The van der Waals surface area contributed by atoms with Gasteiger partial charge in [0.15, 0.2) is 16.6 Å². The molecule has 1 aromatic heterocycles. The molecule has 5 rings (SSSR count). The molecule has 10 heteroatoms. The van der Waals surface area contributed by atoms with Crippen molar-refractivity contribution in [1.29, 1.82) is 0 Å². The van der Waals surface area contributed by atoms with Crippen molar-refractivity contribution in [1.82, 2.24) is 10.4 Å². The first-order chi connectivity index (χ1) is 20.0. The summed E-state index contributed by atoms with van der Waals surface area (Å²) in [7, 11) is 1.56. The van der Waals surface area contributed by atoms with Crippen LogP contribution >= 0.6 is 38.9 Å². The summed E-state index contributed by atoms with van der Waals surface area (Å²) in [6.45, 7) is 0.325. The van der Waals surface area contributed by atoms with Gasteiger partial charge in [-0.05, 0) is 75.6 Å². The number of hydrazone groups is 1. The predicted octanol–water partition coefficient (Wildman–Crippen LogP) is 8.32. The number of hydrogen-bond acceptors (Lipinski definition) is 7. The van der Waals surface area contributed by atoms with E-state index in [2.05, 4.69) is 36.8 Å². The molecule has 0 aliphatic carbocycles. The lowest BCUT2D eigenvalue weighted by Gasteiger charge is -2.13. The van der Waals surface area contributed by atoms with Gasteiger partial charge in [-0.25, -0.2) is 10.4 Å². The minimum Gasteiger partial charge on any atom is -0.493 e. The fourth-order valence-electron chi connectivity index (χ4n) is 3.87. The number of halogens is 2. The normalized spacial score (nSPS) is 10.9. The average molecular weight is 648 g/mol. The number of hydrogen-bond donors (Lipinski definition) is 2. The second-order valence-corrected chi connectivity index (χ2v) is 10.9. The summed E-state index contributed by atoms with van der Waals surface area (Å²) in [4.78, 5) is 17.3. The van der Waals surface area contributed by atoms with Crippen molar-refractivity contribution in [2.24, 2.45) is 5.10 Å². The minimum atomic E-state index is -0.329. The zero-order valence-corrected chi connectivity index (χ0v) is 25.0. The van der Waals surface area contributed by atoms with Gasteiger partial charge in [0.05, 0.1) is 23.5 Å². The molecule has 0 saturated heterocycles. The van der Waals surface area contributed by atoms with Crippen LogP contribution in [0.25, 0.3) is 11.3 Å². The van der Waals surface area contributed by atoms with Crippen molar-refractivity contribution in [3.05, 3.63) is 123 Å². The second kappa shape index (κ2) is 13.5. The SMILES string of the molecule is COc1cc(/C=N\NC(=O)c2ccc(-c3csc(Nc4ccccc4)n3)cc2)cc(Br)c1OCc1cccc(Cl)c1. The molecule has 0 bridgehead atoms. The number of para-hydroxylation sites is 1. The number of nitrogens with zero attached hydrogens (tertiary/aromatic N) is 2. The topological polar surface area (TPSA) is 84.8 Å². The van der Waals surface area contributed by atoms with Gasteiger partial charge in [0.2, 0.25) is 0 Å². The molecule has 0 aliphatic heterocycles. The molecule has 2 N–H and O–H groups in total. The van der Waals surface area contributed by atoms with E-state index < -0.39 is 0 Å². The molecule has 0 spiro atoms. The third kappa shape index (κ3) is 7.52. The fraction of sp³-hybridized carbons (Fsp3) is 0.0645. The fourth-order valence-corrected chi connectivity index (χ4v) is 5.39. The number of rotatable bonds is 10. The van der Waals surface area contributed by atoms with E-state index in [0.29, 0.717) is 38.7 Å². The molecule has 1 heterocycles. The summed E-state index contributed by atoms with van der Waals surface area (Å²) in [5, 5.41) is 10.8. The van der Waals surface area contributed by atoms with Crippen molar-refractivity contribution < 1.29 is 14.3 Å². The largest absolute Gasteiger partial charge is 0.493 e. The number of nitrogens with one attached hydrogen (secondary N) is 2. The second-order valence-electron chi connectivity index (χ2n) is 8.76. The molecule has 5 aromatic rings. The highest BCUT2D eigenvalue weighted by Gasteiger charge is 2.12. The lowest BCUT2D eigenvalue weighted by Crippen LogP contribution is -2.17. The highest BCUT2D eigenvalue weighted by molar-refractivity contribution is 9.10. The molecule has 0 atom stereocenters. The maximum absolute atomic E-state index is 12.7. The number of carbonyl (C=O) groups excluding carboxylic acids is 1. The Kier molecular flexibility index (Phi) is 9.30. The van der Waals surface area contributed by atoms with E-state index in [0.717, 1.165) is 27.6 Å². The van der Waals surface area contributed by atoms with E-state index in [1.165, 1.54) is 17.6 Å². The smallest absolute Gasteiger partial charge is 0.271 e. The van der Waals surface area contributed by atoms with Crippen molar-refractivity contribution in [3.8, 4) is 22.8 Å². The number of benzene rings is 4. The first-order valence-electron chi connectivity index (χ1n) is 12.4. The summed E-state index contributed by atoms with van der Waals surface area (Å²) >= 11 is 11.1. The first kappa shape index (κ1) is 28.4. The van der Waals surface area contributed by atoms with Gasteiger partial charge in [-0.3, -0.25) is 4.79 Å². The zero-order chi connectivity index (χ0) is 28.6. The van der Waals surface area contributed by atoms with Crippen LogP contribution in [0.1, 0.15) is 21.5 Å². The van der Waals surface area contributed by atoms with Crippen LogP contribution in [0.15, 0.2) is 106 Å². The molecule has 7 nitrogen and oxygen atoms in total. The van der Waals surface area contributed by atoms with Crippen LogP contribution in [0, 0.1) is 0 Å². The van der Waals surface area contributed by atoms with Gasteiger partial charge in [-0.15, -0.1) is 11.3 Å². The molecular formula is C31H24BrClN4O3S. The zero-order valence-electron chi connectivity index (χ0n) is 21.8. The summed E-state index contributed by atoms with van der Waals surface area (Å²) in [6.07, 6.45) is 1.54. The third-order valence-electron chi connectivity index (χ3n) is 5.88. The van der Waals surface area contributed by atoms with E-state index in [1.54, 1.807) is 25.3 Å². The van der Waals surface area contributed by atoms with Gasteiger partial charge >= 0.3 is 0 Å². The molecule has 206 valence electrons. The van der Waals surface area contributed by atoms with Crippen LogP contribution in [-0.2, 0) is 6.61 Å². The Labute approximate surface area is 255 Å². The predicted molar refractivity (Wildman–Crippen MR) is 169 cm³/mol. The molecule has 0 radical (unpaired) electrons. The quantitative estimate of drug-likeness (QED) is 0.118. The number of methoxy groups -OCH3 is 1. The Bertz CT molecular complexity index is 1680. The van der Waals surface area contributed by atoms with Crippen LogP contribution in [0.2, 0.25) is 5.02 Å². The standard InChI is InChI=1S/C31H24BrClN4O3S/c1-39-28-16-21(15-26(32)29(28)40-18-20-6-5-7-24(33)14-20)17-34-37-30(38)23-12-10-22(11-13-23)27-19-41-31(36-27)35-25-8-3-2-4-9-25/h2-17,19H,18H2,1H3,(H,35,36)(H,37,38)/b34-17-. The van der Waals surface area contributed by atoms with Crippen molar-refractivity contribution >= 4 is 61.8 Å². The van der Waals surface area contributed by atoms with E-state index >= 15 is 0 Å². The molecule has 0 aliphatic rings. The number of amides is 1. The molecule has 0 saturated carbocycles. The third-order valence-corrected chi connectivity index (χ3v) is 7.46.